The Morgan fingerprint density at radius 3 is 2.80 bits per heavy atom. The van der Waals surface area contributed by atoms with Gasteiger partial charge in [0.1, 0.15) is 0 Å². The van der Waals surface area contributed by atoms with E-state index in [4.69, 9.17) is 5.26 Å². The molecule has 0 radical (unpaired) electrons. The first-order valence-corrected chi connectivity index (χ1v) is 7.23. The summed E-state index contributed by atoms with van der Waals surface area (Å²) in [7, 11) is 0. The van der Waals surface area contributed by atoms with E-state index in [1.54, 1.807) is 24.3 Å². The van der Waals surface area contributed by atoms with Gasteiger partial charge < -0.3 is 10.2 Å². The predicted molar refractivity (Wildman–Crippen MR) is 79.3 cm³/mol. The fourth-order valence-electron chi connectivity index (χ4n) is 2.62. The van der Waals surface area contributed by atoms with E-state index in [2.05, 4.69) is 23.2 Å². The van der Waals surface area contributed by atoms with Gasteiger partial charge >= 0.3 is 0 Å². The van der Waals surface area contributed by atoms with Gasteiger partial charge in [0.15, 0.2) is 0 Å². The normalized spacial score (nSPS) is 18.7. The third-order valence-corrected chi connectivity index (χ3v) is 3.84. The Labute approximate surface area is 120 Å². The Kier molecular flexibility index (Phi) is 5.14. The summed E-state index contributed by atoms with van der Waals surface area (Å²) >= 11 is 0. The molecule has 0 aromatic heterocycles. The Balaban J connectivity index is 1.71. The fourth-order valence-corrected chi connectivity index (χ4v) is 2.62. The smallest absolute Gasteiger partial charge is 0.224 e. The average Bonchev–Trinajstić information content (AvgIpc) is 2.85. The molecule has 20 heavy (non-hydrogen) atoms. The Bertz CT molecular complexity index is 489. The summed E-state index contributed by atoms with van der Waals surface area (Å²) in [6.07, 6.45) is 3.99. The van der Waals surface area contributed by atoms with Gasteiger partial charge in [0.25, 0.3) is 0 Å². The molecule has 4 nitrogen and oxygen atoms in total. The number of nitrogens with one attached hydrogen (secondary N) is 1. The van der Waals surface area contributed by atoms with Crippen molar-refractivity contribution < 1.29 is 4.79 Å². The molecule has 1 aromatic rings. The van der Waals surface area contributed by atoms with Crippen LogP contribution in [0.3, 0.4) is 0 Å². The standard InChI is InChI=1S/C16H21N3O/c1-13-4-2-10-19(13)11-3-5-16(20)18-15-8-6-14(12-17)7-9-15/h6-9,13H,2-5,10-11H2,1H3,(H,18,20). The van der Waals surface area contributed by atoms with Crippen molar-refractivity contribution >= 4 is 11.6 Å². The molecule has 0 saturated carbocycles. The lowest BCUT2D eigenvalue weighted by Gasteiger charge is -2.20. The van der Waals surface area contributed by atoms with Crippen molar-refractivity contribution in [2.75, 3.05) is 18.4 Å². The zero-order chi connectivity index (χ0) is 14.4. The number of nitriles is 1. The third kappa shape index (κ3) is 4.07. The first-order chi connectivity index (χ1) is 9.69. The van der Waals surface area contributed by atoms with Gasteiger partial charge in [-0.3, -0.25) is 4.79 Å². The second-order valence-corrected chi connectivity index (χ2v) is 5.37. The summed E-state index contributed by atoms with van der Waals surface area (Å²) in [4.78, 5) is 14.3. The minimum Gasteiger partial charge on any atom is -0.326 e. The van der Waals surface area contributed by atoms with Crippen LogP contribution in [0.15, 0.2) is 24.3 Å². The van der Waals surface area contributed by atoms with Crippen molar-refractivity contribution in [1.29, 1.82) is 5.26 Å². The lowest BCUT2D eigenvalue weighted by atomic mass is 10.2. The molecule has 1 amide bonds. The molecule has 0 aliphatic carbocycles. The third-order valence-electron chi connectivity index (χ3n) is 3.84. The van der Waals surface area contributed by atoms with Crippen LogP contribution in [0.1, 0.15) is 38.2 Å². The van der Waals surface area contributed by atoms with E-state index in [1.165, 1.54) is 19.4 Å². The van der Waals surface area contributed by atoms with Crippen molar-refractivity contribution in [2.24, 2.45) is 0 Å². The largest absolute Gasteiger partial charge is 0.326 e. The molecule has 1 heterocycles. The summed E-state index contributed by atoms with van der Waals surface area (Å²) in [5.41, 5.74) is 1.36. The molecule has 1 aromatic carbocycles. The van der Waals surface area contributed by atoms with E-state index in [-0.39, 0.29) is 5.91 Å². The molecular formula is C16H21N3O. The number of hydrogen-bond acceptors (Lipinski definition) is 3. The minimum absolute atomic E-state index is 0.0431. The van der Waals surface area contributed by atoms with Gasteiger partial charge in [-0.25, -0.2) is 0 Å². The Morgan fingerprint density at radius 1 is 1.45 bits per heavy atom. The summed E-state index contributed by atoms with van der Waals surface area (Å²) < 4.78 is 0. The lowest BCUT2D eigenvalue weighted by molar-refractivity contribution is -0.116. The zero-order valence-electron chi connectivity index (χ0n) is 11.9. The van der Waals surface area contributed by atoms with Crippen LogP contribution in [-0.2, 0) is 4.79 Å². The van der Waals surface area contributed by atoms with E-state index in [9.17, 15) is 4.79 Å². The van der Waals surface area contributed by atoms with E-state index >= 15 is 0 Å². The highest BCUT2D eigenvalue weighted by Gasteiger charge is 2.19. The summed E-state index contributed by atoms with van der Waals surface area (Å²) in [6, 6.07) is 9.67. The van der Waals surface area contributed by atoms with Gasteiger partial charge in [-0.2, -0.15) is 5.26 Å². The second-order valence-electron chi connectivity index (χ2n) is 5.37. The quantitative estimate of drug-likeness (QED) is 0.896. The maximum Gasteiger partial charge on any atom is 0.224 e. The zero-order valence-corrected chi connectivity index (χ0v) is 11.9. The van der Waals surface area contributed by atoms with Gasteiger partial charge in [-0.05, 0) is 63.5 Å². The van der Waals surface area contributed by atoms with Gasteiger partial charge in [0.05, 0.1) is 11.6 Å². The number of amides is 1. The van der Waals surface area contributed by atoms with Crippen molar-refractivity contribution in [3.8, 4) is 6.07 Å². The number of carbonyl (C=O) groups is 1. The first kappa shape index (κ1) is 14.5. The van der Waals surface area contributed by atoms with Gasteiger partial charge in [0, 0.05) is 18.2 Å². The van der Waals surface area contributed by atoms with Crippen LogP contribution < -0.4 is 5.32 Å². The predicted octanol–water partition coefficient (Wildman–Crippen LogP) is 2.76. The molecule has 1 aliphatic rings. The number of likely N-dealkylation sites (tertiary alicyclic amines) is 1. The fraction of sp³-hybridized carbons (Fsp3) is 0.500. The van der Waals surface area contributed by atoms with Crippen molar-refractivity contribution in [1.82, 2.24) is 4.90 Å². The van der Waals surface area contributed by atoms with Gasteiger partial charge in [0.2, 0.25) is 5.91 Å². The average molecular weight is 271 g/mol. The van der Waals surface area contributed by atoms with Crippen LogP contribution in [0.5, 0.6) is 0 Å². The van der Waals surface area contributed by atoms with Crippen LogP contribution in [0, 0.1) is 11.3 Å². The monoisotopic (exact) mass is 271 g/mol. The Hall–Kier alpha value is -1.86. The number of anilines is 1. The van der Waals surface area contributed by atoms with Crippen LogP contribution >= 0.6 is 0 Å². The molecule has 106 valence electrons. The van der Waals surface area contributed by atoms with E-state index in [1.807, 2.05) is 0 Å². The molecule has 1 fully saturated rings. The van der Waals surface area contributed by atoms with E-state index in [0.29, 0.717) is 18.0 Å². The topological polar surface area (TPSA) is 56.1 Å². The molecule has 1 N–H and O–H groups in total. The summed E-state index contributed by atoms with van der Waals surface area (Å²) in [6.45, 7) is 4.42. The molecule has 1 unspecified atom stereocenters. The van der Waals surface area contributed by atoms with E-state index < -0.39 is 0 Å². The molecule has 1 saturated heterocycles. The molecule has 1 atom stereocenters. The van der Waals surface area contributed by atoms with Gasteiger partial charge in [-0.1, -0.05) is 0 Å². The minimum atomic E-state index is 0.0431. The highest BCUT2D eigenvalue weighted by Crippen LogP contribution is 2.17. The van der Waals surface area contributed by atoms with Crippen LogP contribution in [0.4, 0.5) is 5.69 Å². The second kappa shape index (κ2) is 7.06. The number of rotatable bonds is 5. The maximum atomic E-state index is 11.8. The molecule has 0 spiro atoms. The summed E-state index contributed by atoms with van der Waals surface area (Å²) in [5, 5.41) is 11.6. The molecule has 4 heteroatoms. The van der Waals surface area contributed by atoms with E-state index in [0.717, 1.165) is 18.7 Å². The first-order valence-electron chi connectivity index (χ1n) is 7.23. The van der Waals surface area contributed by atoms with Crippen LogP contribution in [-0.4, -0.2) is 29.9 Å². The number of hydrogen-bond donors (Lipinski definition) is 1. The van der Waals surface area contributed by atoms with Crippen molar-refractivity contribution in [3.63, 3.8) is 0 Å². The number of benzene rings is 1. The highest BCUT2D eigenvalue weighted by atomic mass is 16.1. The highest BCUT2D eigenvalue weighted by molar-refractivity contribution is 5.90. The van der Waals surface area contributed by atoms with Crippen LogP contribution in [0.25, 0.3) is 0 Å². The number of nitrogens with zero attached hydrogens (tertiary/aromatic N) is 2. The maximum absolute atomic E-state index is 11.8. The molecule has 0 bridgehead atoms. The number of carbonyl (C=O) groups excluding carboxylic acids is 1. The molecular weight excluding hydrogens is 250 g/mol. The van der Waals surface area contributed by atoms with Crippen molar-refractivity contribution in [2.45, 2.75) is 38.6 Å². The van der Waals surface area contributed by atoms with Crippen LogP contribution in [0.2, 0.25) is 0 Å². The Morgan fingerprint density at radius 2 is 2.20 bits per heavy atom. The van der Waals surface area contributed by atoms with Gasteiger partial charge in [-0.15, -0.1) is 0 Å². The lowest BCUT2D eigenvalue weighted by Crippen LogP contribution is -2.28. The molecule has 2 rings (SSSR count). The summed E-state index contributed by atoms with van der Waals surface area (Å²) in [5.74, 6) is 0.0431. The van der Waals surface area contributed by atoms with Crippen molar-refractivity contribution in [3.05, 3.63) is 29.8 Å². The SMILES string of the molecule is CC1CCCN1CCCC(=O)Nc1ccc(C#N)cc1. The molecule has 1 aliphatic heterocycles.